The fraction of sp³-hybridized carbons (Fsp3) is 0. The molecular weight excluding hydrogens is 214 g/mol. The maximum atomic E-state index is 9.13. The van der Waals surface area contributed by atoms with Crippen LogP contribution in [-0.4, -0.2) is 108 Å². The summed E-state index contributed by atoms with van der Waals surface area (Å²) >= 11 is 0. The predicted octanol–water partition coefficient (Wildman–Crippen LogP) is 1.78. The van der Waals surface area contributed by atoms with Crippen LogP contribution < -0.4 is 0 Å². The maximum Gasteiger partial charge on any atom is 0.116 e. The third-order valence-corrected chi connectivity index (χ3v) is 1.73. The Morgan fingerprint density at radius 2 is 1.38 bits per heavy atom. The van der Waals surface area contributed by atoms with E-state index in [1.165, 1.54) is 0 Å². The van der Waals surface area contributed by atoms with Crippen molar-refractivity contribution in [1.29, 1.82) is 0 Å². The molecule has 0 aliphatic heterocycles. The minimum absolute atomic E-state index is 0. The molecule has 1 N–H and O–H groups in total. The molecule has 0 unspecified atom stereocenters. The SMILES string of the molecule is Oc1ccc2ccccc2c1.[K].[K]. The summed E-state index contributed by atoms with van der Waals surface area (Å²) in [6.07, 6.45) is 0. The van der Waals surface area contributed by atoms with Gasteiger partial charge in [-0.3, -0.25) is 0 Å². The average Bonchev–Trinajstić information content (AvgIpc) is 2.04. The Balaban J connectivity index is 0.000000720. The Labute approximate surface area is 163 Å². The zero-order valence-corrected chi connectivity index (χ0v) is 14.2. The molecule has 56 valence electrons. The van der Waals surface area contributed by atoms with Gasteiger partial charge in [0.2, 0.25) is 0 Å². The molecule has 2 radical (unpaired) electrons. The van der Waals surface area contributed by atoms with Crippen molar-refractivity contribution in [1.82, 2.24) is 0 Å². The van der Waals surface area contributed by atoms with Crippen LogP contribution in [0.15, 0.2) is 42.5 Å². The molecule has 2 rings (SSSR count). The van der Waals surface area contributed by atoms with Crippen LogP contribution >= 0.6 is 0 Å². The molecule has 0 saturated heterocycles. The number of rotatable bonds is 0. The van der Waals surface area contributed by atoms with Crippen molar-refractivity contribution in [3.63, 3.8) is 0 Å². The van der Waals surface area contributed by atoms with E-state index >= 15 is 0 Å². The van der Waals surface area contributed by atoms with Crippen molar-refractivity contribution in [3.8, 4) is 5.75 Å². The van der Waals surface area contributed by atoms with Crippen molar-refractivity contribution in [2.75, 3.05) is 0 Å². The Morgan fingerprint density at radius 3 is 2.08 bits per heavy atom. The molecule has 0 heterocycles. The molecule has 0 bridgehead atoms. The summed E-state index contributed by atoms with van der Waals surface area (Å²) in [6, 6.07) is 13.3. The second-order valence-electron chi connectivity index (χ2n) is 2.53. The van der Waals surface area contributed by atoms with Gasteiger partial charge in [-0.1, -0.05) is 30.3 Å². The van der Waals surface area contributed by atoms with Crippen LogP contribution in [0, 0.1) is 0 Å². The van der Waals surface area contributed by atoms with E-state index in [9.17, 15) is 0 Å². The van der Waals surface area contributed by atoms with E-state index in [0.29, 0.717) is 5.75 Å². The molecule has 2 aromatic carbocycles. The van der Waals surface area contributed by atoms with E-state index < -0.39 is 0 Å². The van der Waals surface area contributed by atoms with Crippen molar-refractivity contribution in [3.05, 3.63) is 42.5 Å². The molecule has 0 aliphatic rings. The molecule has 3 heteroatoms. The molecule has 0 saturated carbocycles. The van der Waals surface area contributed by atoms with Gasteiger partial charge in [0.05, 0.1) is 0 Å². The van der Waals surface area contributed by atoms with Gasteiger partial charge in [0.15, 0.2) is 0 Å². The first kappa shape index (κ1) is 14.8. The summed E-state index contributed by atoms with van der Waals surface area (Å²) in [5.41, 5.74) is 0. The first-order valence-corrected chi connectivity index (χ1v) is 3.54. The normalized spacial score (nSPS) is 8.62. The van der Waals surface area contributed by atoms with E-state index in [1.807, 2.05) is 30.3 Å². The summed E-state index contributed by atoms with van der Waals surface area (Å²) in [5, 5.41) is 11.4. The van der Waals surface area contributed by atoms with Crippen LogP contribution in [0.3, 0.4) is 0 Å². The third kappa shape index (κ3) is 4.03. The van der Waals surface area contributed by atoms with Gasteiger partial charge in [-0.25, -0.2) is 0 Å². The van der Waals surface area contributed by atoms with Gasteiger partial charge in [-0.2, -0.15) is 0 Å². The first-order valence-electron chi connectivity index (χ1n) is 3.54. The number of hydrogen-bond acceptors (Lipinski definition) is 1. The van der Waals surface area contributed by atoms with E-state index in [-0.39, 0.29) is 103 Å². The van der Waals surface area contributed by atoms with Gasteiger partial charge in [0.25, 0.3) is 0 Å². The van der Waals surface area contributed by atoms with Gasteiger partial charge < -0.3 is 5.11 Å². The Morgan fingerprint density at radius 1 is 0.769 bits per heavy atom. The maximum absolute atomic E-state index is 9.13. The number of phenols is 1. The standard InChI is InChI=1S/C10H8O.2K/c11-10-6-5-8-3-1-2-4-9(8)7-10;;/h1-7,11H;;. The number of aromatic hydroxyl groups is 1. The Bertz CT molecular complexity index is 387. The quantitative estimate of drug-likeness (QED) is 0.674. The molecule has 13 heavy (non-hydrogen) atoms. The molecule has 0 spiro atoms. The average molecular weight is 222 g/mol. The van der Waals surface area contributed by atoms with Crippen LogP contribution in [0.25, 0.3) is 10.8 Å². The zero-order chi connectivity index (χ0) is 7.68. The largest absolute Gasteiger partial charge is 0.508 e. The van der Waals surface area contributed by atoms with E-state index in [1.54, 1.807) is 12.1 Å². The number of phenolic OH excluding ortho intramolecular Hbond substituents is 1. The number of fused-ring (bicyclic) bond motifs is 1. The zero-order valence-electron chi connectivity index (χ0n) is 7.99. The smallest absolute Gasteiger partial charge is 0.116 e. The fourth-order valence-corrected chi connectivity index (χ4v) is 1.18. The molecule has 0 aromatic heterocycles. The second-order valence-corrected chi connectivity index (χ2v) is 2.53. The molecule has 0 fully saturated rings. The van der Waals surface area contributed by atoms with Crippen LogP contribution in [0.4, 0.5) is 0 Å². The molecule has 0 atom stereocenters. The summed E-state index contributed by atoms with van der Waals surface area (Å²) in [6.45, 7) is 0. The van der Waals surface area contributed by atoms with Crippen LogP contribution in [0.2, 0.25) is 0 Å². The summed E-state index contributed by atoms with van der Waals surface area (Å²) in [7, 11) is 0. The van der Waals surface area contributed by atoms with Gasteiger partial charge in [0.1, 0.15) is 5.75 Å². The minimum Gasteiger partial charge on any atom is -0.508 e. The van der Waals surface area contributed by atoms with Gasteiger partial charge in [-0.05, 0) is 22.9 Å². The van der Waals surface area contributed by atoms with Gasteiger partial charge >= 0.3 is 0 Å². The van der Waals surface area contributed by atoms with E-state index in [4.69, 9.17) is 5.11 Å². The monoisotopic (exact) mass is 222 g/mol. The number of benzene rings is 2. The van der Waals surface area contributed by atoms with Crippen LogP contribution in [0.1, 0.15) is 0 Å². The summed E-state index contributed by atoms with van der Waals surface area (Å²) in [4.78, 5) is 0. The fourth-order valence-electron chi connectivity index (χ4n) is 1.18. The minimum atomic E-state index is 0. The summed E-state index contributed by atoms with van der Waals surface area (Å²) < 4.78 is 0. The van der Waals surface area contributed by atoms with Crippen LogP contribution in [0.5, 0.6) is 5.75 Å². The molecule has 2 aromatic rings. The first-order chi connectivity index (χ1) is 5.36. The topological polar surface area (TPSA) is 20.2 Å². The van der Waals surface area contributed by atoms with Crippen molar-refractivity contribution < 1.29 is 5.11 Å². The molecule has 1 nitrogen and oxygen atoms in total. The third-order valence-electron chi connectivity index (χ3n) is 1.73. The van der Waals surface area contributed by atoms with E-state index in [0.717, 1.165) is 10.8 Å². The van der Waals surface area contributed by atoms with Crippen LogP contribution in [-0.2, 0) is 0 Å². The second kappa shape index (κ2) is 7.11. The molecular formula is C10H8K2O. The van der Waals surface area contributed by atoms with E-state index in [2.05, 4.69) is 0 Å². The van der Waals surface area contributed by atoms with Crippen molar-refractivity contribution in [2.45, 2.75) is 0 Å². The van der Waals surface area contributed by atoms with Crippen molar-refractivity contribution >= 4 is 114 Å². The molecule has 0 aliphatic carbocycles. The Kier molecular flexibility index (Phi) is 8.08. The number of hydrogen-bond donors (Lipinski definition) is 1. The van der Waals surface area contributed by atoms with Gasteiger partial charge in [0, 0.05) is 103 Å². The molecule has 0 amide bonds. The summed E-state index contributed by atoms with van der Waals surface area (Å²) in [5.74, 6) is 0.323. The predicted molar refractivity (Wildman–Crippen MR) is 57.1 cm³/mol. The van der Waals surface area contributed by atoms with Crippen molar-refractivity contribution in [2.24, 2.45) is 0 Å². The van der Waals surface area contributed by atoms with Gasteiger partial charge in [-0.15, -0.1) is 0 Å². The Hall–Kier alpha value is 1.77.